The van der Waals surface area contributed by atoms with Crippen molar-refractivity contribution in [2.75, 3.05) is 0 Å². The first-order chi connectivity index (χ1) is 2.89. The Kier molecular flexibility index (Phi) is 0.664. The van der Waals surface area contributed by atoms with Crippen molar-refractivity contribution >= 4 is 0 Å². The predicted molar refractivity (Wildman–Crippen MR) is 19.3 cm³/mol. The van der Waals surface area contributed by atoms with E-state index in [9.17, 15) is 0 Å². The van der Waals surface area contributed by atoms with Gasteiger partial charge in [0.05, 0.1) is 0 Å². The van der Waals surface area contributed by atoms with Gasteiger partial charge in [0.2, 0.25) is 0 Å². The summed E-state index contributed by atoms with van der Waals surface area (Å²) in [7, 11) is 0. The second-order valence-corrected chi connectivity index (χ2v) is 0.916. The third-order valence-corrected chi connectivity index (χ3v) is 0.465. The normalized spacial score (nSPS) is 29.2. The fraction of sp³-hybridized carbons (Fsp3) is 0. The zero-order valence-corrected chi connectivity index (χ0v) is 3.05. The van der Waals surface area contributed by atoms with Crippen molar-refractivity contribution in [1.82, 2.24) is 0 Å². The Hall–Kier alpha value is -0.740. The monoisotopic (exact) mass is 84.0 g/mol. The maximum Gasteiger partial charge on any atom is 0.133 e. The number of nitrogens with zero attached hydrogens (tertiary/aromatic N) is 2. The summed E-state index contributed by atoms with van der Waals surface area (Å²) in [5.74, 6) is 6.70. The van der Waals surface area contributed by atoms with E-state index in [1.54, 1.807) is 0 Å². The van der Waals surface area contributed by atoms with Crippen LogP contribution in [0.15, 0.2) is 22.7 Å². The van der Waals surface area contributed by atoms with Crippen LogP contribution >= 0.6 is 0 Å². The van der Waals surface area contributed by atoms with E-state index in [1.165, 1.54) is 12.4 Å². The summed E-state index contributed by atoms with van der Waals surface area (Å²) >= 11 is 0. The van der Waals surface area contributed by atoms with Gasteiger partial charge in [0.15, 0.2) is 0 Å². The average molecular weight is 84.1 g/mol. The Labute approximate surface area is 34.9 Å². The third kappa shape index (κ3) is 0.425. The van der Waals surface area contributed by atoms with Crippen LogP contribution in [0.4, 0.5) is 0 Å². The van der Waals surface area contributed by atoms with E-state index < -0.39 is 0 Å². The van der Waals surface area contributed by atoms with Gasteiger partial charge in [-0.15, -0.1) is 5.11 Å². The van der Waals surface area contributed by atoms with Crippen LogP contribution in [0.1, 0.15) is 0 Å². The van der Waals surface area contributed by atoms with Crippen molar-refractivity contribution in [2.45, 2.75) is 0 Å². The summed E-state index contributed by atoms with van der Waals surface area (Å²) in [6.45, 7) is 0. The van der Waals surface area contributed by atoms with Gasteiger partial charge in [-0.25, -0.2) is 5.12 Å². The molecule has 0 spiro atoms. The number of rotatable bonds is 0. The number of hydrogen-bond acceptors (Lipinski definition) is 2. The molecule has 0 bridgehead atoms. The molecule has 0 saturated heterocycles. The summed E-state index contributed by atoms with van der Waals surface area (Å²) < 4.78 is 0. The molecule has 1 rings (SSSR count). The highest BCUT2D eigenvalue weighted by atomic mass is 15.7. The molecule has 0 radical (unpaired) electrons. The van der Waals surface area contributed by atoms with E-state index in [1.807, 2.05) is 0 Å². The van der Waals surface area contributed by atoms with Crippen LogP contribution in [-0.2, 0) is 0 Å². The standard InChI is InChI=1S/C2H4N4/c3-6-2-1-4-5-6/h1-3,6H. The molecule has 0 fully saturated rings. The van der Waals surface area contributed by atoms with Crippen molar-refractivity contribution in [2.24, 2.45) is 10.3 Å². The van der Waals surface area contributed by atoms with Crippen molar-refractivity contribution in [1.29, 1.82) is 0 Å². The Morgan fingerprint density at radius 1 is 1.67 bits per heavy atom. The smallest absolute Gasteiger partial charge is 0.133 e. The molecule has 1 heterocycles. The Morgan fingerprint density at radius 3 is 2.67 bits per heavy atom. The molecule has 4 nitrogen and oxygen atoms in total. The highest BCUT2D eigenvalue weighted by Crippen LogP contribution is 1.73. The van der Waals surface area contributed by atoms with E-state index in [-0.39, 0.29) is 5.12 Å². The molecule has 1 atom stereocenters. The Balaban J connectivity index is 2.60. The minimum absolute atomic E-state index is 0.231. The molecule has 6 heavy (non-hydrogen) atoms. The lowest BCUT2D eigenvalue weighted by molar-refractivity contribution is -0.800. The van der Waals surface area contributed by atoms with Crippen molar-refractivity contribution in [3.8, 4) is 0 Å². The SMILES string of the molecule is [NH-][NH+]1C=CN=N1. The molecule has 1 aliphatic heterocycles. The minimum atomic E-state index is 0.231. The molecule has 0 amide bonds. The van der Waals surface area contributed by atoms with Crippen LogP contribution in [0.2, 0.25) is 0 Å². The van der Waals surface area contributed by atoms with Crippen LogP contribution in [0.5, 0.6) is 0 Å². The highest BCUT2D eigenvalue weighted by molar-refractivity contribution is 4.67. The summed E-state index contributed by atoms with van der Waals surface area (Å²) in [6.07, 6.45) is 3.02. The molecule has 32 valence electrons. The maximum absolute atomic E-state index is 6.70. The first-order valence-electron chi connectivity index (χ1n) is 1.55. The van der Waals surface area contributed by atoms with Crippen LogP contribution in [0.3, 0.4) is 0 Å². The lowest BCUT2D eigenvalue weighted by Gasteiger charge is -1.96. The van der Waals surface area contributed by atoms with E-state index in [0.717, 1.165) is 0 Å². The average Bonchev–Trinajstić information content (AvgIpc) is 1.86. The van der Waals surface area contributed by atoms with Gasteiger partial charge in [-0.3, -0.25) is 0 Å². The molecule has 1 unspecified atom stereocenters. The molecule has 0 aromatic carbocycles. The van der Waals surface area contributed by atoms with Crippen molar-refractivity contribution < 1.29 is 5.12 Å². The maximum atomic E-state index is 6.70. The third-order valence-electron chi connectivity index (χ3n) is 0.465. The van der Waals surface area contributed by atoms with Gasteiger partial charge >= 0.3 is 0 Å². The second kappa shape index (κ2) is 1.16. The van der Waals surface area contributed by atoms with Gasteiger partial charge in [0, 0.05) is 5.22 Å². The predicted octanol–water partition coefficient (Wildman–Crippen LogP) is -0.310. The van der Waals surface area contributed by atoms with Gasteiger partial charge in [-0.2, -0.15) is 0 Å². The van der Waals surface area contributed by atoms with Gasteiger partial charge in [-0.1, -0.05) is 0 Å². The fourth-order valence-electron chi connectivity index (χ4n) is 0.233. The van der Waals surface area contributed by atoms with Crippen LogP contribution < -0.4 is 5.12 Å². The number of hydrogen-bond donors (Lipinski definition) is 1. The van der Waals surface area contributed by atoms with Crippen LogP contribution in [0, 0.1) is 0 Å². The summed E-state index contributed by atoms with van der Waals surface area (Å²) in [4.78, 5) is 0. The van der Waals surface area contributed by atoms with E-state index in [2.05, 4.69) is 10.3 Å². The molecule has 0 aromatic rings. The van der Waals surface area contributed by atoms with Crippen LogP contribution in [-0.4, -0.2) is 0 Å². The molecule has 0 aliphatic carbocycles. The first kappa shape index (κ1) is 3.45. The molecular formula is C2H4N4. The molecule has 0 aromatic heterocycles. The lowest BCUT2D eigenvalue weighted by atomic mass is 11.0. The molecule has 0 saturated carbocycles. The van der Waals surface area contributed by atoms with Crippen molar-refractivity contribution in [3.63, 3.8) is 0 Å². The quantitative estimate of drug-likeness (QED) is 0.418. The van der Waals surface area contributed by atoms with E-state index >= 15 is 0 Å². The lowest BCUT2D eigenvalue weighted by Crippen LogP contribution is -2.93. The molecule has 1 aliphatic rings. The summed E-state index contributed by atoms with van der Waals surface area (Å²) in [5.41, 5.74) is 0. The molecule has 2 N–H and O–H groups in total. The zero-order valence-electron chi connectivity index (χ0n) is 3.05. The van der Waals surface area contributed by atoms with Gasteiger partial charge in [0.1, 0.15) is 12.4 Å². The number of nitrogens with one attached hydrogen (secondary N) is 2. The molecular weight excluding hydrogens is 80.1 g/mol. The summed E-state index contributed by atoms with van der Waals surface area (Å²) in [5, 5.41) is 6.95. The number of quaternary nitrogens is 1. The minimum Gasteiger partial charge on any atom is -0.434 e. The summed E-state index contributed by atoms with van der Waals surface area (Å²) in [6, 6.07) is 0. The van der Waals surface area contributed by atoms with Crippen LogP contribution in [0.25, 0.3) is 5.84 Å². The van der Waals surface area contributed by atoms with Gasteiger partial charge in [0.25, 0.3) is 0 Å². The van der Waals surface area contributed by atoms with E-state index in [4.69, 9.17) is 5.84 Å². The topological polar surface area (TPSA) is 53.0 Å². The second-order valence-electron chi connectivity index (χ2n) is 0.916. The van der Waals surface area contributed by atoms with Gasteiger partial charge in [-0.05, 0) is 0 Å². The zero-order chi connectivity index (χ0) is 4.41. The largest absolute Gasteiger partial charge is 0.434 e. The van der Waals surface area contributed by atoms with Crippen molar-refractivity contribution in [3.05, 3.63) is 18.2 Å². The molecule has 4 heteroatoms. The first-order valence-corrected chi connectivity index (χ1v) is 1.55. The van der Waals surface area contributed by atoms with E-state index in [0.29, 0.717) is 0 Å². The fourth-order valence-corrected chi connectivity index (χ4v) is 0.233. The Bertz CT molecular complexity index is 81.7. The highest BCUT2D eigenvalue weighted by Gasteiger charge is 1.87. The Morgan fingerprint density at radius 2 is 2.50 bits per heavy atom. The van der Waals surface area contributed by atoms with Gasteiger partial charge < -0.3 is 5.84 Å².